The van der Waals surface area contributed by atoms with E-state index >= 15 is 0 Å². The first-order chi connectivity index (χ1) is 6.74. The molecule has 0 aromatic carbocycles. The minimum absolute atomic E-state index is 0.570. The van der Waals surface area contributed by atoms with E-state index in [4.69, 9.17) is 0 Å². The molecule has 1 saturated carbocycles. The molecule has 0 aliphatic heterocycles. The SMILES string of the molecule is Cn1cc(SCC2(CBr)CCC2)cn1. The molecule has 0 saturated heterocycles. The zero-order valence-electron chi connectivity index (χ0n) is 8.37. The van der Waals surface area contributed by atoms with Gasteiger partial charge in [0.25, 0.3) is 0 Å². The number of alkyl halides is 1. The van der Waals surface area contributed by atoms with Crippen LogP contribution in [0.2, 0.25) is 0 Å². The van der Waals surface area contributed by atoms with Gasteiger partial charge in [0.05, 0.1) is 6.20 Å². The highest BCUT2D eigenvalue weighted by Gasteiger charge is 2.35. The zero-order valence-corrected chi connectivity index (χ0v) is 10.8. The summed E-state index contributed by atoms with van der Waals surface area (Å²) in [7, 11) is 1.97. The first-order valence-electron chi connectivity index (χ1n) is 4.92. The van der Waals surface area contributed by atoms with Crippen LogP contribution in [0.4, 0.5) is 0 Å². The molecule has 78 valence electrons. The monoisotopic (exact) mass is 274 g/mol. The second-order valence-electron chi connectivity index (χ2n) is 4.13. The standard InChI is InChI=1S/C10H15BrN2S/c1-13-6-9(5-12-13)14-8-10(7-11)3-2-4-10/h5-6H,2-4,7-8H2,1H3. The Balaban J connectivity index is 1.87. The van der Waals surface area contributed by atoms with Gasteiger partial charge < -0.3 is 0 Å². The van der Waals surface area contributed by atoms with Gasteiger partial charge in [0.2, 0.25) is 0 Å². The number of nitrogens with zero attached hydrogens (tertiary/aromatic N) is 2. The number of aryl methyl sites for hydroxylation is 1. The first kappa shape index (κ1) is 10.6. The number of aromatic nitrogens is 2. The highest BCUT2D eigenvalue weighted by Crippen LogP contribution is 2.45. The van der Waals surface area contributed by atoms with E-state index in [9.17, 15) is 0 Å². The number of hydrogen-bond acceptors (Lipinski definition) is 2. The van der Waals surface area contributed by atoms with E-state index in [1.54, 1.807) is 0 Å². The Bertz CT molecular complexity index is 301. The van der Waals surface area contributed by atoms with Crippen molar-refractivity contribution in [3.05, 3.63) is 12.4 Å². The highest BCUT2D eigenvalue weighted by atomic mass is 79.9. The van der Waals surface area contributed by atoms with Gasteiger partial charge in [-0.15, -0.1) is 11.8 Å². The number of hydrogen-bond donors (Lipinski definition) is 0. The van der Waals surface area contributed by atoms with Crippen molar-refractivity contribution >= 4 is 27.7 Å². The van der Waals surface area contributed by atoms with Crippen molar-refractivity contribution in [2.45, 2.75) is 24.2 Å². The van der Waals surface area contributed by atoms with Crippen molar-refractivity contribution in [1.82, 2.24) is 9.78 Å². The molecule has 1 aromatic rings. The van der Waals surface area contributed by atoms with Crippen molar-refractivity contribution in [2.24, 2.45) is 12.5 Å². The molecule has 0 N–H and O–H groups in total. The Hall–Kier alpha value is 0.0400. The Kier molecular flexibility index (Phi) is 3.22. The van der Waals surface area contributed by atoms with Gasteiger partial charge in [-0.1, -0.05) is 22.4 Å². The number of thioether (sulfide) groups is 1. The van der Waals surface area contributed by atoms with Crippen LogP contribution in [-0.4, -0.2) is 20.9 Å². The summed E-state index contributed by atoms with van der Waals surface area (Å²) in [5, 5.41) is 5.32. The summed E-state index contributed by atoms with van der Waals surface area (Å²) in [6, 6.07) is 0. The van der Waals surface area contributed by atoms with Gasteiger partial charge in [0.1, 0.15) is 0 Å². The molecule has 14 heavy (non-hydrogen) atoms. The summed E-state index contributed by atoms with van der Waals surface area (Å²) >= 11 is 5.56. The second-order valence-corrected chi connectivity index (χ2v) is 5.74. The van der Waals surface area contributed by atoms with Crippen molar-refractivity contribution in [3.63, 3.8) is 0 Å². The van der Waals surface area contributed by atoms with Crippen LogP contribution in [-0.2, 0) is 7.05 Å². The fraction of sp³-hybridized carbons (Fsp3) is 0.700. The van der Waals surface area contributed by atoms with Gasteiger partial charge in [-0.2, -0.15) is 5.10 Å². The van der Waals surface area contributed by atoms with Crippen LogP contribution in [0.1, 0.15) is 19.3 Å². The lowest BCUT2D eigenvalue weighted by Crippen LogP contribution is -2.33. The van der Waals surface area contributed by atoms with Crippen molar-refractivity contribution in [1.29, 1.82) is 0 Å². The Morgan fingerprint density at radius 1 is 1.64 bits per heavy atom. The molecule has 2 nitrogen and oxygen atoms in total. The predicted octanol–water partition coefficient (Wildman–Crippen LogP) is 3.08. The maximum absolute atomic E-state index is 4.17. The summed E-state index contributed by atoms with van der Waals surface area (Å²) in [6.45, 7) is 0. The lowest BCUT2D eigenvalue weighted by atomic mass is 9.72. The van der Waals surface area contributed by atoms with E-state index in [1.807, 2.05) is 29.7 Å². The third-order valence-corrected chi connectivity index (χ3v) is 5.41. The van der Waals surface area contributed by atoms with Crippen LogP contribution in [0.15, 0.2) is 17.3 Å². The molecule has 2 rings (SSSR count). The lowest BCUT2D eigenvalue weighted by molar-refractivity contribution is 0.206. The van der Waals surface area contributed by atoms with Gasteiger partial charge in [-0.25, -0.2) is 0 Å². The van der Waals surface area contributed by atoms with E-state index in [1.165, 1.54) is 29.9 Å². The lowest BCUT2D eigenvalue weighted by Gasteiger charge is -2.40. The normalized spacial score (nSPS) is 19.3. The fourth-order valence-corrected chi connectivity index (χ4v) is 3.94. The topological polar surface area (TPSA) is 17.8 Å². The van der Waals surface area contributed by atoms with E-state index < -0.39 is 0 Å². The van der Waals surface area contributed by atoms with E-state index in [2.05, 4.69) is 27.2 Å². The molecule has 1 aromatic heterocycles. The summed E-state index contributed by atoms with van der Waals surface area (Å²) in [5.41, 5.74) is 0.570. The predicted molar refractivity (Wildman–Crippen MR) is 64.0 cm³/mol. The van der Waals surface area contributed by atoms with Gasteiger partial charge in [-0.3, -0.25) is 4.68 Å². The van der Waals surface area contributed by atoms with Crippen LogP contribution in [0.3, 0.4) is 0 Å². The third kappa shape index (κ3) is 2.16. The van der Waals surface area contributed by atoms with Crippen LogP contribution in [0.25, 0.3) is 0 Å². The van der Waals surface area contributed by atoms with Gasteiger partial charge in [-0.05, 0) is 18.3 Å². The molecule has 1 heterocycles. The van der Waals surface area contributed by atoms with E-state index in [-0.39, 0.29) is 0 Å². The first-order valence-corrected chi connectivity index (χ1v) is 7.02. The molecule has 4 heteroatoms. The highest BCUT2D eigenvalue weighted by molar-refractivity contribution is 9.09. The van der Waals surface area contributed by atoms with Gasteiger partial charge in [0, 0.05) is 29.2 Å². The summed E-state index contributed by atoms with van der Waals surface area (Å²) < 4.78 is 1.86. The fourth-order valence-electron chi connectivity index (χ4n) is 1.70. The Morgan fingerprint density at radius 2 is 2.43 bits per heavy atom. The van der Waals surface area contributed by atoms with Crippen molar-refractivity contribution in [3.8, 4) is 0 Å². The second kappa shape index (κ2) is 4.27. The number of rotatable bonds is 4. The average molecular weight is 275 g/mol. The molecule has 0 amide bonds. The molecule has 0 bridgehead atoms. The molecule has 0 unspecified atom stereocenters. The number of halogens is 1. The minimum atomic E-state index is 0.570. The molecule has 0 atom stereocenters. The van der Waals surface area contributed by atoms with Crippen molar-refractivity contribution in [2.75, 3.05) is 11.1 Å². The van der Waals surface area contributed by atoms with Crippen LogP contribution < -0.4 is 0 Å². The maximum atomic E-state index is 4.17. The molecular formula is C10H15BrN2S. The zero-order chi connectivity index (χ0) is 10.0. The summed E-state index contributed by atoms with van der Waals surface area (Å²) in [6.07, 6.45) is 8.20. The maximum Gasteiger partial charge on any atom is 0.0625 e. The molecule has 0 radical (unpaired) electrons. The smallest absolute Gasteiger partial charge is 0.0625 e. The quantitative estimate of drug-likeness (QED) is 0.621. The molecule has 0 spiro atoms. The Labute approximate surface area is 97.6 Å². The van der Waals surface area contributed by atoms with Gasteiger partial charge >= 0.3 is 0 Å². The molecular weight excluding hydrogens is 260 g/mol. The summed E-state index contributed by atoms with van der Waals surface area (Å²) in [5.74, 6) is 1.23. The Morgan fingerprint density at radius 3 is 2.86 bits per heavy atom. The van der Waals surface area contributed by atoms with Crippen LogP contribution in [0, 0.1) is 5.41 Å². The van der Waals surface area contributed by atoms with Crippen LogP contribution >= 0.6 is 27.7 Å². The molecule has 1 fully saturated rings. The van der Waals surface area contributed by atoms with Gasteiger partial charge in [0.15, 0.2) is 0 Å². The summed E-state index contributed by atoms with van der Waals surface area (Å²) in [4.78, 5) is 1.29. The largest absolute Gasteiger partial charge is 0.275 e. The van der Waals surface area contributed by atoms with Crippen LogP contribution in [0.5, 0.6) is 0 Å². The van der Waals surface area contributed by atoms with E-state index in [0.717, 1.165) is 5.33 Å². The molecule has 1 aliphatic rings. The minimum Gasteiger partial charge on any atom is -0.275 e. The third-order valence-electron chi connectivity index (χ3n) is 2.92. The van der Waals surface area contributed by atoms with Crippen molar-refractivity contribution < 1.29 is 0 Å². The average Bonchev–Trinajstić information content (AvgIpc) is 2.50. The van der Waals surface area contributed by atoms with E-state index in [0.29, 0.717) is 5.41 Å². The molecule has 1 aliphatic carbocycles.